The van der Waals surface area contributed by atoms with E-state index in [1.807, 2.05) is 13.8 Å². The molecule has 0 bridgehead atoms. The lowest BCUT2D eigenvalue weighted by atomic mass is 9.76. The molecule has 0 saturated carbocycles. The van der Waals surface area contributed by atoms with Crippen molar-refractivity contribution in [1.29, 1.82) is 0 Å². The highest BCUT2D eigenvalue weighted by Gasteiger charge is 2.30. The van der Waals surface area contributed by atoms with Gasteiger partial charge in [0.05, 0.1) is 5.60 Å². The average Bonchev–Trinajstić information content (AvgIpc) is 2.08. The zero-order valence-corrected chi connectivity index (χ0v) is 11.3. The number of aliphatic hydroxyl groups is 1. The third-order valence-corrected chi connectivity index (χ3v) is 3.32. The summed E-state index contributed by atoms with van der Waals surface area (Å²) in [5, 5.41) is 10.3. The monoisotopic (exact) mass is 220 g/mol. The van der Waals surface area contributed by atoms with E-state index in [1.54, 1.807) is 0 Å². The van der Waals surface area contributed by atoms with Crippen molar-refractivity contribution in [2.45, 2.75) is 53.1 Å². The SMILES string of the molecule is Cc1ccc(C(C(C)C)C(C)(C)O)cc1C. The molecule has 0 fully saturated rings. The Balaban J connectivity index is 3.17. The summed E-state index contributed by atoms with van der Waals surface area (Å²) in [7, 11) is 0. The van der Waals surface area contributed by atoms with E-state index in [-0.39, 0.29) is 5.92 Å². The molecule has 0 radical (unpaired) electrons. The number of hydrogen-bond donors (Lipinski definition) is 1. The van der Waals surface area contributed by atoms with Gasteiger partial charge in [0, 0.05) is 5.92 Å². The predicted molar refractivity (Wildman–Crippen MR) is 69.8 cm³/mol. The average molecular weight is 220 g/mol. The summed E-state index contributed by atoms with van der Waals surface area (Å²) in [6.45, 7) is 12.4. The van der Waals surface area contributed by atoms with Crippen molar-refractivity contribution in [3.63, 3.8) is 0 Å². The zero-order valence-electron chi connectivity index (χ0n) is 11.3. The lowest BCUT2D eigenvalue weighted by Gasteiger charge is -2.33. The van der Waals surface area contributed by atoms with Gasteiger partial charge in [0.2, 0.25) is 0 Å². The molecule has 1 aromatic rings. The smallest absolute Gasteiger partial charge is 0.0662 e. The molecule has 0 aliphatic rings. The topological polar surface area (TPSA) is 20.2 Å². The summed E-state index contributed by atoms with van der Waals surface area (Å²) in [6.07, 6.45) is 0. The van der Waals surface area contributed by atoms with E-state index in [9.17, 15) is 5.11 Å². The molecule has 0 amide bonds. The van der Waals surface area contributed by atoms with Crippen LogP contribution < -0.4 is 0 Å². The van der Waals surface area contributed by atoms with Crippen molar-refractivity contribution in [1.82, 2.24) is 0 Å². The van der Waals surface area contributed by atoms with E-state index in [1.165, 1.54) is 16.7 Å². The molecule has 1 N–H and O–H groups in total. The van der Waals surface area contributed by atoms with Crippen LogP contribution in [0.15, 0.2) is 18.2 Å². The molecule has 0 saturated heterocycles. The van der Waals surface area contributed by atoms with Crippen LogP contribution in [0.4, 0.5) is 0 Å². The molecule has 0 aromatic heterocycles. The Labute approximate surface area is 99.5 Å². The van der Waals surface area contributed by atoms with Gasteiger partial charge in [-0.3, -0.25) is 0 Å². The van der Waals surface area contributed by atoms with Gasteiger partial charge in [0.15, 0.2) is 0 Å². The van der Waals surface area contributed by atoms with Crippen molar-refractivity contribution >= 4 is 0 Å². The highest BCUT2D eigenvalue weighted by molar-refractivity contribution is 5.33. The number of rotatable bonds is 3. The first kappa shape index (κ1) is 13.2. The molecule has 0 aliphatic carbocycles. The molecular formula is C15H24O. The van der Waals surface area contributed by atoms with Crippen LogP contribution in [0, 0.1) is 19.8 Å². The molecule has 0 heterocycles. The third kappa shape index (κ3) is 2.85. The normalized spacial score (nSPS) is 14.2. The van der Waals surface area contributed by atoms with Crippen LogP contribution in [0.3, 0.4) is 0 Å². The zero-order chi connectivity index (χ0) is 12.5. The second-order valence-electron chi connectivity index (χ2n) is 5.72. The van der Waals surface area contributed by atoms with Crippen molar-refractivity contribution in [2.24, 2.45) is 5.92 Å². The Morgan fingerprint density at radius 3 is 2.00 bits per heavy atom. The first-order valence-electron chi connectivity index (χ1n) is 6.03. The Kier molecular flexibility index (Phi) is 3.80. The summed E-state index contributed by atoms with van der Waals surface area (Å²) in [6, 6.07) is 6.49. The van der Waals surface area contributed by atoms with Gasteiger partial charge in [-0.05, 0) is 50.3 Å². The minimum atomic E-state index is -0.671. The summed E-state index contributed by atoms with van der Waals surface area (Å²) < 4.78 is 0. The molecule has 1 unspecified atom stereocenters. The molecule has 1 rings (SSSR count). The van der Waals surface area contributed by atoms with Gasteiger partial charge in [-0.2, -0.15) is 0 Å². The van der Waals surface area contributed by atoms with E-state index in [4.69, 9.17) is 0 Å². The maximum atomic E-state index is 10.3. The van der Waals surface area contributed by atoms with Crippen LogP contribution in [-0.4, -0.2) is 10.7 Å². The van der Waals surface area contributed by atoms with Crippen LogP contribution in [0.5, 0.6) is 0 Å². The van der Waals surface area contributed by atoms with E-state index in [2.05, 4.69) is 45.9 Å². The second-order valence-corrected chi connectivity index (χ2v) is 5.72. The Bertz CT molecular complexity index is 358. The highest BCUT2D eigenvalue weighted by Crippen LogP contribution is 2.35. The maximum absolute atomic E-state index is 10.3. The second kappa shape index (κ2) is 4.58. The van der Waals surface area contributed by atoms with E-state index >= 15 is 0 Å². The predicted octanol–water partition coefficient (Wildman–Crippen LogP) is 3.81. The quantitative estimate of drug-likeness (QED) is 0.821. The Morgan fingerprint density at radius 1 is 1.06 bits per heavy atom. The molecular weight excluding hydrogens is 196 g/mol. The molecule has 1 heteroatoms. The van der Waals surface area contributed by atoms with Crippen LogP contribution in [0.1, 0.15) is 50.3 Å². The van der Waals surface area contributed by atoms with Gasteiger partial charge in [-0.1, -0.05) is 32.0 Å². The van der Waals surface area contributed by atoms with Crippen LogP contribution in [0.2, 0.25) is 0 Å². The Hall–Kier alpha value is -0.820. The fraction of sp³-hybridized carbons (Fsp3) is 0.600. The van der Waals surface area contributed by atoms with Crippen molar-refractivity contribution < 1.29 is 5.11 Å². The van der Waals surface area contributed by atoms with Gasteiger partial charge in [0.25, 0.3) is 0 Å². The number of benzene rings is 1. The van der Waals surface area contributed by atoms with E-state index in [0.717, 1.165) is 0 Å². The summed E-state index contributed by atoms with van der Waals surface area (Å²) in [4.78, 5) is 0. The van der Waals surface area contributed by atoms with Crippen molar-refractivity contribution in [3.05, 3.63) is 34.9 Å². The van der Waals surface area contributed by atoms with Gasteiger partial charge in [-0.15, -0.1) is 0 Å². The minimum Gasteiger partial charge on any atom is -0.390 e. The molecule has 16 heavy (non-hydrogen) atoms. The van der Waals surface area contributed by atoms with Crippen molar-refractivity contribution in [2.75, 3.05) is 0 Å². The number of aryl methyl sites for hydroxylation is 2. The maximum Gasteiger partial charge on any atom is 0.0662 e. The fourth-order valence-electron chi connectivity index (χ4n) is 2.57. The fourth-order valence-corrected chi connectivity index (χ4v) is 2.57. The number of hydrogen-bond acceptors (Lipinski definition) is 1. The van der Waals surface area contributed by atoms with Crippen LogP contribution >= 0.6 is 0 Å². The van der Waals surface area contributed by atoms with Crippen molar-refractivity contribution in [3.8, 4) is 0 Å². The lowest BCUT2D eigenvalue weighted by molar-refractivity contribution is 0.0332. The molecule has 1 aromatic carbocycles. The van der Waals surface area contributed by atoms with E-state index < -0.39 is 5.60 Å². The molecule has 0 aliphatic heterocycles. The highest BCUT2D eigenvalue weighted by atomic mass is 16.3. The first-order chi connectivity index (χ1) is 7.23. The van der Waals surface area contributed by atoms with Crippen LogP contribution in [0.25, 0.3) is 0 Å². The molecule has 90 valence electrons. The van der Waals surface area contributed by atoms with Gasteiger partial charge >= 0.3 is 0 Å². The summed E-state index contributed by atoms with van der Waals surface area (Å²) in [5.41, 5.74) is 3.18. The van der Waals surface area contributed by atoms with Gasteiger partial charge in [-0.25, -0.2) is 0 Å². The van der Waals surface area contributed by atoms with E-state index in [0.29, 0.717) is 5.92 Å². The molecule has 1 nitrogen and oxygen atoms in total. The van der Waals surface area contributed by atoms with Crippen LogP contribution in [-0.2, 0) is 0 Å². The van der Waals surface area contributed by atoms with Gasteiger partial charge in [0.1, 0.15) is 0 Å². The minimum absolute atomic E-state index is 0.187. The molecule has 0 spiro atoms. The first-order valence-corrected chi connectivity index (χ1v) is 6.03. The van der Waals surface area contributed by atoms with Gasteiger partial charge < -0.3 is 5.11 Å². The summed E-state index contributed by atoms with van der Waals surface area (Å²) >= 11 is 0. The summed E-state index contributed by atoms with van der Waals surface area (Å²) in [5.74, 6) is 0.619. The Morgan fingerprint density at radius 2 is 1.62 bits per heavy atom. The largest absolute Gasteiger partial charge is 0.390 e. The molecule has 1 atom stereocenters. The third-order valence-electron chi connectivity index (χ3n) is 3.32. The lowest BCUT2D eigenvalue weighted by Crippen LogP contribution is -2.32. The standard InChI is InChI=1S/C15H24O/c1-10(2)14(15(5,6)16)13-8-7-11(3)12(4)9-13/h7-10,14,16H,1-6H3.